The maximum atomic E-state index is 14.5. The van der Waals surface area contributed by atoms with Crippen LogP contribution in [0.5, 0.6) is 5.88 Å². The second kappa shape index (κ2) is 16.2. The molecule has 0 unspecified atom stereocenters. The summed E-state index contributed by atoms with van der Waals surface area (Å²) in [5, 5.41) is 6.18. The predicted octanol–water partition coefficient (Wildman–Crippen LogP) is 4.19. The number of nitrogens with zero attached hydrogens (tertiary/aromatic N) is 3. The molecule has 4 bridgehead atoms. The quantitative estimate of drug-likeness (QED) is 0.198. The van der Waals surface area contributed by atoms with Crippen molar-refractivity contribution in [2.75, 3.05) is 18.5 Å². The summed E-state index contributed by atoms with van der Waals surface area (Å²) in [7, 11) is -3.90. The molecule has 1 aromatic heterocycles. The molecule has 4 aliphatic rings. The second-order valence-corrected chi connectivity index (χ2v) is 17.8. The topological polar surface area (TPSA) is 186 Å². The van der Waals surface area contributed by atoms with Crippen LogP contribution < -0.4 is 20.1 Å². The maximum absolute atomic E-state index is 14.5. The van der Waals surface area contributed by atoms with Gasteiger partial charge in [-0.2, -0.15) is 4.98 Å². The van der Waals surface area contributed by atoms with Crippen LogP contribution in [0.15, 0.2) is 61.2 Å². The van der Waals surface area contributed by atoms with Gasteiger partial charge < -0.3 is 25.0 Å². The van der Waals surface area contributed by atoms with Crippen molar-refractivity contribution in [3.8, 4) is 5.88 Å². The molecule has 2 aliphatic carbocycles. The molecule has 2 saturated carbocycles. The molecule has 15 heteroatoms. The van der Waals surface area contributed by atoms with E-state index in [0.29, 0.717) is 48.5 Å². The molecule has 0 radical (unpaired) electrons. The predicted molar refractivity (Wildman–Crippen MR) is 209 cm³/mol. The van der Waals surface area contributed by atoms with Crippen LogP contribution in [-0.4, -0.2) is 83.1 Å². The number of hydrogen-bond acceptors (Lipinski definition) is 11. The Balaban J connectivity index is 1.21. The van der Waals surface area contributed by atoms with E-state index in [1.54, 1.807) is 0 Å². The number of aromatic nitrogens is 2. The molecule has 2 aromatic carbocycles. The zero-order valence-corrected chi connectivity index (χ0v) is 32.7. The zero-order chi connectivity index (χ0) is 39.6. The van der Waals surface area contributed by atoms with Gasteiger partial charge in [-0.15, -0.1) is 6.58 Å². The van der Waals surface area contributed by atoms with Crippen LogP contribution in [0, 0.1) is 17.8 Å². The van der Waals surface area contributed by atoms with Crippen molar-refractivity contribution in [2.24, 2.45) is 17.8 Å². The SMILES string of the molecule is C=C[C@H]1C[C@]1(NC(=O)[C@@H]1C[C@@H]2CN1C(=O)[C@H](C(C)C)CC(=O)OCCCCCc1ccc3nc(NCc4ccccc4)nc(c3c1)O2)C(=O)NS(=O)(=O)C1CC1. The molecule has 0 spiro atoms. The van der Waals surface area contributed by atoms with Crippen molar-refractivity contribution in [1.29, 1.82) is 0 Å². The van der Waals surface area contributed by atoms with Crippen molar-refractivity contribution in [2.45, 2.75) is 101 Å². The first-order valence-electron chi connectivity index (χ1n) is 19.6. The van der Waals surface area contributed by atoms with Gasteiger partial charge in [0.1, 0.15) is 17.7 Å². The average Bonchev–Trinajstić information content (AvgIpc) is 4.11. The number of esters is 1. The van der Waals surface area contributed by atoms with Crippen LogP contribution in [0.4, 0.5) is 5.95 Å². The monoisotopic (exact) mass is 786 g/mol. The number of sulfonamides is 1. The third kappa shape index (κ3) is 8.67. The summed E-state index contributed by atoms with van der Waals surface area (Å²) < 4.78 is 39.9. The lowest BCUT2D eigenvalue weighted by Crippen LogP contribution is -2.57. The second-order valence-electron chi connectivity index (χ2n) is 15.8. The highest BCUT2D eigenvalue weighted by atomic mass is 32.2. The molecule has 3 aromatic rings. The Morgan fingerprint density at radius 2 is 1.86 bits per heavy atom. The summed E-state index contributed by atoms with van der Waals surface area (Å²) in [5.41, 5.74) is 1.22. The first-order chi connectivity index (χ1) is 26.9. The number of fused-ring (bicyclic) bond motifs is 3. The molecular formula is C41H50N6O8S. The highest BCUT2D eigenvalue weighted by Crippen LogP contribution is 2.45. The minimum atomic E-state index is -3.90. The molecule has 3 N–H and O–H groups in total. The number of ether oxygens (including phenoxy) is 2. The fourth-order valence-corrected chi connectivity index (χ4v) is 9.02. The van der Waals surface area contributed by atoms with Crippen molar-refractivity contribution in [3.05, 3.63) is 72.3 Å². The molecule has 7 rings (SSSR count). The minimum absolute atomic E-state index is 0.00665. The third-order valence-corrected chi connectivity index (χ3v) is 13.1. The highest BCUT2D eigenvalue weighted by Gasteiger charge is 2.62. The van der Waals surface area contributed by atoms with E-state index in [2.05, 4.69) is 21.9 Å². The first-order valence-corrected chi connectivity index (χ1v) is 21.1. The lowest BCUT2D eigenvalue weighted by atomic mass is 9.90. The van der Waals surface area contributed by atoms with Gasteiger partial charge in [0.15, 0.2) is 0 Å². The molecule has 5 atom stereocenters. The molecule has 3 heterocycles. The molecule has 3 amide bonds. The Morgan fingerprint density at radius 1 is 1.07 bits per heavy atom. The van der Waals surface area contributed by atoms with Gasteiger partial charge in [-0.3, -0.25) is 23.9 Å². The first kappa shape index (κ1) is 39.2. The van der Waals surface area contributed by atoms with E-state index in [1.807, 2.05) is 62.4 Å². The van der Waals surface area contributed by atoms with Crippen molar-refractivity contribution < 1.29 is 37.1 Å². The lowest BCUT2D eigenvalue weighted by Gasteiger charge is -2.30. The Morgan fingerprint density at radius 3 is 2.57 bits per heavy atom. The minimum Gasteiger partial charge on any atom is -0.472 e. The summed E-state index contributed by atoms with van der Waals surface area (Å²) in [4.78, 5) is 66.5. The van der Waals surface area contributed by atoms with Crippen molar-refractivity contribution >= 4 is 50.6 Å². The number of benzene rings is 2. The Bertz CT molecular complexity index is 2110. The van der Waals surface area contributed by atoms with E-state index in [9.17, 15) is 27.6 Å². The van der Waals surface area contributed by atoms with E-state index in [1.165, 1.54) is 11.0 Å². The number of hydrogen-bond donors (Lipinski definition) is 3. The van der Waals surface area contributed by atoms with Gasteiger partial charge in [0.05, 0.1) is 41.6 Å². The summed E-state index contributed by atoms with van der Waals surface area (Å²) >= 11 is 0. The van der Waals surface area contributed by atoms with Gasteiger partial charge in [-0.25, -0.2) is 13.4 Å². The fraction of sp³-hybridized carbons (Fsp3) is 0.512. The zero-order valence-electron chi connectivity index (χ0n) is 31.9. The molecule has 14 nitrogen and oxygen atoms in total. The molecule has 56 heavy (non-hydrogen) atoms. The summed E-state index contributed by atoms with van der Waals surface area (Å²) in [6, 6.07) is 14.7. The summed E-state index contributed by atoms with van der Waals surface area (Å²) in [5.74, 6) is -3.31. The van der Waals surface area contributed by atoms with Crippen LogP contribution in [0.25, 0.3) is 10.9 Å². The summed E-state index contributed by atoms with van der Waals surface area (Å²) in [6.07, 6.45) is 4.93. The number of aryl methyl sites for hydroxylation is 1. The number of carbonyl (C=O) groups excluding carboxylic acids is 4. The van der Waals surface area contributed by atoms with Gasteiger partial charge in [0, 0.05) is 18.9 Å². The van der Waals surface area contributed by atoms with E-state index >= 15 is 0 Å². The molecule has 1 saturated heterocycles. The average molecular weight is 787 g/mol. The number of anilines is 1. The summed E-state index contributed by atoms with van der Waals surface area (Å²) in [6.45, 7) is 8.18. The molecule has 298 valence electrons. The van der Waals surface area contributed by atoms with E-state index in [0.717, 1.165) is 30.4 Å². The van der Waals surface area contributed by atoms with E-state index in [4.69, 9.17) is 19.4 Å². The van der Waals surface area contributed by atoms with Crippen LogP contribution in [0.2, 0.25) is 0 Å². The van der Waals surface area contributed by atoms with E-state index in [-0.39, 0.29) is 38.3 Å². The van der Waals surface area contributed by atoms with Gasteiger partial charge in [-0.05, 0) is 74.1 Å². The smallest absolute Gasteiger partial charge is 0.306 e. The normalized spacial score (nSPS) is 25.8. The Labute approximate surface area is 327 Å². The third-order valence-electron chi connectivity index (χ3n) is 11.3. The largest absolute Gasteiger partial charge is 0.472 e. The van der Waals surface area contributed by atoms with Gasteiger partial charge >= 0.3 is 5.97 Å². The van der Waals surface area contributed by atoms with Gasteiger partial charge in [0.2, 0.25) is 33.7 Å². The van der Waals surface area contributed by atoms with Crippen molar-refractivity contribution in [3.63, 3.8) is 0 Å². The Hall–Kier alpha value is -5.05. The maximum Gasteiger partial charge on any atom is 0.306 e. The number of cyclic esters (lactones) is 1. The van der Waals surface area contributed by atoms with Crippen LogP contribution >= 0.6 is 0 Å². The number of nitrogens with one attached hydrogen (secondary N) is 3. The Kier molecular flexibility index (Phi) is 11.3. The fourth-order valence-electron chi connectivity index (χ4n) is 7.65. The van der Waals surface area contributed by atoms with Crippen molar-refractivity contribution in [1.82, 2.24) is 24.9 Å². The number of carbonyl (C=O) groups is 4. The van der Waals surface area contributed by atoms with Crippen LogP contribution in [-0.2, 0) is 46.9 Å². The molecular weight excluding hydrogens is 737 g/mol. The van der Waals surface area contributed by atoms with Crippen LogP contribution in [0.1, 0.15) is 76.3 Å². The van der Waals surface area contributed by atoms with Crippen LogP contribution in [0.3, 0.4) is 0 Å². The number of amides is 3. The van der Waals surface area contributed by atoms with Gasteiger partial charge in [-0.1, -0.05) is 56.3 Å². The highest BCUT2D eigenvalue weighted by molar-refractivity contribution is 7.91. The van der Waals surface area contributed by atoms with E-state index < -0.39 is 68.5 Å². The van der Waals surface area contributed by atoms with Gasteiger partial charge in [0.25, 0.3) is 5.91 Å². The molecule has 2 aliphatic heterocycles. The molecule has 3 fully saturated rings. The number of rotatable bonds is 10. The lowest BCUT2D eigenvalue weighted by molar-refractivity contribution is -0.151. The standard InChI is InChI=1S/C41H50N6O8S/c1-4-28-22-41(28,39(51)46-56(52,53)30-15-16-30)45-36(49)34-20-29-24-47(34)38(50)31(25(2)3)21-35(48)54-18-10-6-9-11-26-14-17-33-32(19-26)37(55-29)44-40(43-33)42-23-27-12-7-5-8-13-27/h4-5,7-8,12-14,17,19,25,28-31,34H,1,6,9-11,15-16,18,20-24H2,2-3H3,(H,45,49)(H,46,51)(H,42,43,44)/t28-,29+,31-,34-,41+/m0/s1.